The maximum Gasteiger partial charge on any atom is 0.285 e. The first-order valence-corrected chi connectivity index (χ1v) is 16.5. The van der Waals surface area contributed by atoms with E-state index in [1.807, 2.05) is 26.0 Å². The van der Waals surface area contributed by atoms with Crippen molar-refractivity contribution in [3.63, 3.8) is 0 Å². The van der Waals surface area contributed by atoms with Crippen molar-refractivity contribution in [1.29, 1.82) is 0 Å². The summed E-state index contributed by atoms with van der Waals surface area (Å²) in [6.07, 6.45) is 8.17. The lowest BCUT2D eigenvalue weighted by molar-refractivity contribution is -0.152. The minimum atomic E-state index is -0.377. The molecule has 226 valence electrons. The Bertz CT molecular complexity index is 1520. The summed E-state index contributed by atoms with van der Waals surface area (Å²) in [5, 5.41) is 4.12. The lowest BCUT2D eigenvalue weighted by atomic mass is 9.49. The fourth-order valence-corrected chi connectivity index (χ4v) is 9.08. The number of ether oxygens (including phenoxy) is 2. The Hall–Kier alpha value is -2.89. The Balaban J connectivity index is 1.09. The molecule has 1 heterocycles. The van der Waals surface area contributed by atoms with Gasteiger partial charge in [-0.05, 0) is 129 Å². The fraction of sp³-hybridized carbons (Fsp3) is 0.438. The number of hydrazine groups is 1. The van der Waals surface area contributed by atoms with Crippen LogP contribution < -0.4 is 20.2 Å². The molecule has 7 rings (SSSR count). The number of methoxy groups -OCH3 is 1. The smallest absolute Gasteiger partial charge is 0.285 e. The van der Waals surface area contributed by atoms with Gasteiger partial charge in [-0.2, -0.15) is 5.01 Å². The molecule has 3 amide bonds. The van der Waals surface area contributed by atoms with Crippen LogP contribution in [-0.4, -0.2) is 40.8 Å². The number of carbonyl (C=O) groups excluding carboxylic acids is 3. The van der Waals surface area contributed by atoms with Crippen molar-refractivity contribution >= 4 is 73.7 Å². The monoisotopic (exact) mass is 683 g/mol. The van der Waals surface area contributed by atoms with E-state index in [1.54, 1.807) is 24.3 Å². The van der Waals surface area contributed by atoms with Gasteiger partial charge in [0.15, 0.2) is 22.4 Å². The largest absolute Gasteiger partial charge is 0.493 e. The number of thioether (sulfide) groups is 1. The molecule has 2 aromatic carbocycles. The Kier molecular flexibility index (Phi) is 8.34. The van der Waals surface area contributed by atoms with Crippen molar-refractivity contribution in [2.75, 3.05) is 19.0 Å². The number of thiocarbonyl (C=S) groups is 1. The first kappa shape index (κ1) is 30.1. The lowest BCUT2D eigenvalue weighted by Gasteiger charge is -2.55. The summed E-state index contributed by atoms with van der Waals surface area (Å²) in [7, 11) is 1.51. The Labute approximate surface area is 269 Å². The van der Waals surface area contributed by atoms with Gasteiger partial charge in [-0.15, -0.1) is 0 Å². The summed E-state index contributed by atoms with van der Waals surface area (Å²) in [5.41, 5.74) is 5.97. The van der Waals surface area contributed by atoms with E-state index in [0.29, 0.717) is 44.0 Å². The fourth-order valence-electron chi connectivity index (χ4n) is 7.47. The molecule has 4 bridgehead atoms. The molecule has 1 saturated heterocycles. The SMILES string of the molecule is COc1cc(/C=C2/SC(=S)N(NC(=O)C34CC5CC(CC(C5)C3)C4)C2=O)ccc1OCC(=O)Nc1ccc(Br)c(C)c1C. The van der Waals surface area contributed by atoms with Gasteiger partial charge in [0.25, 0.3) is 11.8 Å². The second-order valence-corrected chi connectivity index (χ2v) is 14.8. The van der Waals surface area contributed by atoms with E-state index in [4.69, 9.17) is 21.7 Å². The molecule has 1 aliphatic heterocycles. The summed E-state index contributed by atoms with van der Waals surface area (Å²) in [5.74, 6) is 1.98. The molecule has 2 N–H and O–H groups in total. The quantitative estimate of drug-likeness (QED) is 0.241. The molecule has 5 fully saturated rings. The Morgan fingerprint density at radius 3 is 2.40 bits per heavy atom. The van der Waals surface area contributed by atoms with Crippen molar-refractivity contribution in [3.05, 3.63) is 56.4 Å². The topological polar surface area (TPSA) is 97.0 Å². The molecule has 8 nitrogen and oxygen atoms in total. The molecule has 0 aromatic heterocycles. The summed E-state index contributed by atoms with van der Waals surface area (Å²) in [6.45, 7) is 3.73. The number of anilines is 1. The average molecular weight is 685 g/mol. The van der Waals surface area contributed by atoms with Crippen LogP contribution in [0, 0.1) is 37.0 Å². The average Bonchev–Trinajstić information content (AvgIpc) is 3.23. The molecular formula is C32H34BrN3O5S2. The molecule has 0 radical (unpaired) electrons. The van der Waals surface area contributed by atoms with E-state index in [1.165, 1.54) is 31.4 Å². The van der Waals surface area contributed by atoms with Gasteiger partial charge in [-0.1, -0.05) is 33.8 Å². The number of hydrogen-bond acceptors (Lipinski definition) is 7. The van der Waals surface area contributed by atoms with Crippen LogP contribution in [0.2, 0.25) is 0 Å². The molecular weight excluding hydrogens is 650 g/mol. The molecule has 0 atom stereocenters. The summed E-state index contributed by atoms with van der Waals surface area (Å²) in [4.78, 5) is 39.9. The summed E-state index contributed by atoms with van der Waals surface area (Å²) < 4.78 is 12.6. The van der Waals surface area contributed by atoms with Crippen molar-refractivity contribution in [1.82, 2.24) is 10.4 Å². The highest BCUT2D eigenvalue weighted by Gasteiger charge is 2.55. The molecule has 2 aromatic rings. The predicted molar refractivity (Wildman–Crippen MR) is 174 cm³/mol. The standard InChI is InChI=1S/C32H34BrN3O5S2/c1-17-18(2)24(6-5-23(17)33)34-28(37)16-41-25-7-4-19(11-26(25)40-3)12-27-29(38)36(31(42)43-27)35-30(39)32-13-20-8-21(14-32)10-22(9-20)15-32/h4-7,11-12,20-22H,8-10,13-16H2,1-3H3,(H,34,37)(H,35,39)/b27-12+. The lowest BCUT2D eigenvalue weighted by Crippen LogP contribution is -2.57. The Morgan fingerprint density at radius 1 is 1.07 bits per heavy atom. The number of nitrogens with one attached hydrogen (secondary N) is 2. The van der Waals surface area contributed by atoms with E-state index in [0.717, 1.165) is 52.3 Å². The third-order valence-corrected chi connectivity index (χ3v) is 11.5. The molecule has 43 heavy (non-hydrogen) atoms. The van der Waals surface area contributed by atoms with Crippen LogP contribution in [0.25, 0.3) is 6.08 Å². The van der Waals surface area contributed by atoms with Crippen LogP contribution in [0.15, 0.2) is 39.7 Å². The maximum atomic E-state index is 13.5. The molecule has 5 aliphatic rings. The second kappa shape index (κ2) is 11.9. The predicted octanol–water partition coefficient (Wildman–Crippen LogP) is 6.54. The molecule has 11 heteroatoms. The zero-order valence-electron chi connectivity index (χ0n) is 24.3. The minimum absolute atomic E-state index is 0.0678. The highest BCUT2D eigenvalue weighted by molar-refractivity contribution is 9.10. The van der Waals surface area contributed by atoms with Crippen LogP contribution in [0.5, 0.6) is 11.5 Å². The van der Waals surface area contributed by atoms with Crippen molar-refractivity contribution in [2.24, 2.45) is 23.2 Å². The van der Waals surface area contributed by atoms with E-state index in [9.17, 15) is 14.4 Å². The zero-order valence-corrected chi connectivity index (χ0v) is 27.5. The van der Waals surface area contributed by atoms with Crippen molar-refractivity contribution in [2.45, 2.75) is 52.4 Å². The van der Waals surface area contributed by atoms with Crippen molar-refractivity contribution < 1.29 is 23.9 Å². The third-order valence-electron chi connectivity index (χ3n) is 9.37. The van der Waals surface area contributed by atoms with Gasteiger partial charge < -0.3 is 14.8 Å². The number of nitrogens with zero attached hydrogens (tertiary/aromatic N) is 1. The van der Waals surface area contributed by atoms with Gasteiger partial charge in [0.1, 0.15) is 0 Å². The number of carbonyl (C=O) groups is 3. The maximum absolute atomic E-state index is 13.5. The van der Waals surface area contributed by atoms with Crippen LogP contribution in [0.4, 0.5) is 5.69 Å². The van der Waals surface area contributed by atoms with E-state index in [2.05, 4.69) is 26.7 Å². The summed E-state index contributed by atoms with van der Waals surface area (Å²) in [6, 6.07) is 8.94. The van der Waals surface area contributed by atoms with Gasteiger partial charge in [-0.3, -0.25) is 19.8 Å². The number of amides is 3. The molecule has 0 spiro atoms. The van der Waals surface area contributed by atoms with Crippen molar-refractivity contribution in [3.8, 4) is 11.5 Å². The highest BCUT2D eigenvalue weighted by atomic mass is 79.9. The number of halogens is 1. The van der Waals surface area contributed by atoms with Gasteiger partial charge in [0.2, 0.25) is 5.91 Å². The van der Waals surface area contributed by atoms with E-state index in [-0.39, 0.29) is 29.7 Å². The third kappa shape index (κ3) is 5.95. The van der Waals surface area contributed by atoms with Gasteiger partial charge >= 0.3 is 0 Å². The normalized spacial score (nSPS) is 26.7. The van der Waals surface area contributed by atoms with Gasteiger partial charge in [-0.25, -0.2) is 0 Å². The molecule has 0 unspecified atom stereocenters. The van der Waals surface area contributed by atoms with Crippen LogP contribution in [0.3, 0.4) is 0 Å². The minimum Gasteiger partial charge on any atom is -0.493 e. The van der Waals surface area contributed by atoms with Crippen LogP contribution in [-0.2, 0) is 14.4 Å². The van der Waals surface area contributed by atoms with Gasteiger partial charge in [0.05, 0.1) is 17.4 Å². The van der Waals surface area contributed by atoms with Gasteiger partial charge in [0, 0.05) is 10.2 Å². The van der Waals surface area contributed by atoms with E-state index >= 15 is 0 Å². The number of hydrogen-bond donors (Lipinski definition) is 2. The zero-order chi connectivity index (χ0) is 30.5. The van der Waals surface area contributed by atoms with Crippen LogP contribution >= 0.6 is 39.9 Å². The second-order valence-electron chi connectivity index (χ2n) is 12.2. The van der Waals surface area contributed by atoms with Crippen LogP contribution in [0.1, 0.15) is 55.2 Å². The molecule has 4 aliphatic carbocycles. The first-order valence-electron chi connectivity index (χ1n) is 14.5. The van der Waals surface area contributed by atoms with E-state index < -0.39 is 0 Å². The first-order chi connectivity index (χ1) is 20.5. The Morgan fingerprint density at radius 2 is 1.74 bits per heavy atom. The number of rotatable bonds is 8. The molecule has 4 saturated carbocycles. The number of benzene rings is 2. The highest BCUT2D eigenvalue weighted by Crippen LogP contribution is 2.60. The summed E-state index contributed by atoms with van der Waals surface area (Å²) >= 11 is 10.2.